The number of ether oxygens (including phenoxy) is 1. The number of carbonyl (C=O) groups is 1. The van der Waals surface area contributed by atoms with E-state index in [1.54, 1.807) is 20.0 Å². The van der Waals surface area contributed by atoms with E-state index in [1.807, 2.05) is 0 Å². The fourth-order valence-electron chi connectivity index (χ4n) is 1.82. The monoisotopic (exact) mass is 354 g/mol. The summed E-state index contributed by atoms with van der Waals surface area (Å²) in [5.41, 5.74) is 1.14. The standard InChI is InChI=1S/C14H12BrFN2O3/c1-8-12(3-4-13(19)20)14(18(2)17-8)21-11-6-9(15)5-10(16)7-11/h3-7H,1-2H3,(H,19,20)/b4-3+. The van der Waals surface area contributed by atoms with E-state index in [2.05, 4.69) is 21.0 Å². The number of hydrogen-bond donors (Lipinski definition) is 1. The van der Waals surface area contributed by atoms with Crippen LogP contribution in [0.1, 0.15) is 11.3 Å². The second-order valence-corrected chi connectivity index (χ2v) is 5.22. The average molecular weight is 355 g/mol. The van der Waals surface area contributed by atoms with Crippen molar-refractivity contribution in [2.75, 3.05) is 0 Å². The molecule has 0 unspecified atom stereocenters. The SMILES string of the molecule is Cc1nn(C)c(Oc2cc(F)cc(Br)c2)c1/C=C/C(=O)O. The van der Waals surface area contributed by atoms with Gasteiger partial charge in [-0.05, 0) is 25.1 Å². The Bertz CT molecular complexity index is 705. The third kappa shape index (κ3) is 3.69. The van der Waals surface area contributed by atoms with Gasteiger partial charge in [-0.25, -0.2) is 13.9 Å². The molecule has 1 aromatic heterocycles. The lowest BCUT2D eigenvalue weighted by atomic mass is 10.2. The van der Waals surface area contributed by atoms with Gasteiger partial charge in [-0.3, -0.25) is 0 Å². The summed E-state index contributed by atoms with van der Waals surface area (Å²) in [7, 11) is 1.66. The molecule has 110 valence electrons. The number of carboxylic acids is 1. The van der Waals surface area contributed by atoms with Gasteiger partial charge < -0.3 is 9.84 Å². The number of benzene rings is 1. The predicted octanol–water partition coefficient (Wildman–Crippen LogP) is 3.52. The van der Waals surface area contributed by atoms with E-state index in [0.717, 1.165) is 6.08 Å². The van der Waals surface area contributed by atoms with E-state index in [-0.39, 0.29) is 5.75 Å². The van der Waals surface area contributed by atoms with Crippen LogP contribution in [0.15, 0.2) is 28.7 Å². The van der Waals surface area contributed by atoms with E-state index in [9.17, 15) is 9.18 Å². The first-order chi connectivity index (χ1) is 9.86. The zero-order chi connectivity index (χ0) is 15.6. The van der Waals surface area contributed by atoms with Gasteiger partial charge >= 0.3 is 5.97 Å². The van der Waals surface area contributed by atoms with Crippen molar-refractivity contribution in [1.29, 1.82) is 0 Å². The third-order valence-corrected chi connectivity index (χ3v) is 3.12. The minimum absolute atomic E-state index is 0.287. The molecule has 0 amide bonds. The lowest BCUT2D eigenvalue weighted by Crippen LogP contribution is -1.96. The van der Waals surface area contributed by atoms with Gasteiger partial charge in [0.2, 0.25) is 5.88 Å². The second-order valence-electron chi connectivity index (χ2n) is 4.31. The molecule has 1 heterocycles. The second kappa shape index (κ2) is 6.09. The Morgan fingerprint density at radius 3 is 2.81 bits per heavy atom. The Hall–Kier alpha value is -2.15. The van der Waals surface area contributed by atoms with Crippen LogP contribution in [-0.4, -0.2) is 20.9 Å². The molecule has 21 heavy (non-hydrogen) atoms. The molecule has 2 aromatic rings. The number of rotatable bonds is 4. The summed E-state index contributed by atoms with van der Waals surface area (Å²) in [4.78, 5) is 10.6. The highest BCUT2D eigenvalue weighted by Crippen LogP contribution is 2.30. The van der Waals surface area contributed by atoms with E-state index in [4.69, 9.17) is 9.84 Å². The quantitative estimate of drug-likeness (QED) is 0.853. The summed E-state index contributed by atoms with van der Waals surface area (Å²) in [6.07, 6.45) is 2.40. The molecule has 1 N–H and O–H groups in total. The van der Waals surface area contributed by atoms with E-state index in [1.165, 1.54) is 22.9 Å². The molecule has 2 rings (SSSR count). The van der Waals surface area contributed by atoms with Crippen LogP contribution in [0.25, 0.3) is 6.08 Å². The molecule has 0 aliphatic carbocycles. The van der Waals surface area contributed by atoms with Crippen LogP contribution in [-0.2, 0) is 11.8 Å². The van der Waals surface area contributed by atoms with Crippen LogP contribution in [0, 0.1) is 12.7 Å². The van der Waals surface area contributed by atoms with E-state index >= 15 is 0 Å². The van der Waals surface area contributed by atoms with E-state index in [0.29, 0.717) is 21.6 Å². The van der Waals surface area contributed by atoms with Crippen molar-refractivity contribution in [1.82, 2.24) is 9.78 Å². The molecule has 0 spiro atoms. The number of halogens is 2. The fraction of sp³-hybridized carbons (Fsp3) is 0.143. The number of nitrogens with zero attached hydrogens (tertiary/aromatic N) is 2. The number of aromatic nitrogens is 2. The van der Waals surface area contributed by atoms with Crippen LogP contribution >= 0.6 is 15.9 Å². The van der Waals surface area contributed by atoms with Gasteiger partial charge in [-0.2, -0.15) is 5.10 Å². The van der Waals surface area contributed by atoms with Crippen LogP contribution < -0.4 is 4.74 Å². The molecule has 0 radical (unpaired) electrons. The smallest absolute Gasteiger partial charge is 0.328 e. The van der Waals surface area contributed by atoms with Crippen molar-refractivity contribution in [3.05, 3.63) is 45.8 Å². The van der Waals surface area contributed by atoms with Crippen molar-refractivity contribution in [3.63, 3.8) is 0 Å². The Balaban J connectivity index is 2.41. The lowest BCUT2D eigenvalue weighted by molar-refractivity contribution is -0.131. The van der Waals surface area contributed by atoms with E-state index < -0.39 is 11.8 Å². The Kier molecular flexibility index (Phi) is 4.42. The highest BCUT2D eigenvalue weighted by atomic mass is 79.9. The Morgan fingerprint density at radius 2 is 2.19 bits per heavy atom. The van der Waals surface area contributed by atoms with Crippen LogP contribution in [0.4, 0.5) is 4.39 Å². The van der Waals surface area contributed by atoms with Gasteiger partial charge in [0.25, 0.3) is 0 Å². The topological polar surface area (TPSA) is 64.4 Å². The molecule has 0 saturated carbocycles. The maximum absolute atomic E-state index is 13.4. The van der Waals surface area contributed by atoms with Crippen molar-refractivity contribution >= 4 is 28.0 Å². The maximum atomic E-state index is 13.4. The largest absolute Gasteiger partial charge is 0.478 e. The van der Waals surface area contributed by atoms with Gasteiger partial charge in [-0.1, -0.05) is 15.9 Å². The number of aliphatic carboxylic acids is 1. The van der Waals surface area contributed by atoms with Gasteiger partial charge in [0, 0.05) is 23.7 Å². The summed E-state index contributed by atoms with van der Waals surface area (Å²) in [5.74, 6) is -0.893. The molecule has 7 heteroatoms. The van der Waals surface area contributed by atoms with Crippen molar-refractivity contribution in [2.24, 2.45) is 7.05 Å². The third-order valence-electron chi connectivity index (χ3n) is 2.66. The first-order valence-corrected chi connectivity index (χ1v) is 6.74. The summed E-state index contributed by atoms with van der Waals surface area (Å²) < 4.78 is 21.0. The first kappa shape index (κ1) is 15.2. The minimum atomic E-state index is -1.07. The molecule has 5 nitrogen and oxygen atoms in total. The molecule has 0 fully saturated rings. The molecule has 0 aliphatic heterocycles. The van der Waals surface area contributed by atoms with Crippen LogP contribution in [0.3, 0.4) is 0 Å². The zero-order valence-corrected chi connectivity index (χ0v) is 12.9. The number of hydrogen-bond acceptors (Lipinski definition) is 3. The van der Waals surface area contributed by atoms with Gasteiger partial charge in [0.1, 0.15) is 11.6 Å². The molecule has 0 atom stereocenters. The summed E-state index contributed by atoms with van der Waals surface area (Å²) >= 11 is 3.18. The summed E-state index contributed by atoms with van der Waals surface area (Å²) in [6.45, 7) is 1.73. The molecular formula is C14H12BrFN2O3. The van der Waals surface area contributed by atoms with Crippen LogP contribution in [0.2, 0.25) is 0 Å². The summed E-state index contributed by atoms with van der Waals surface area (Å²) in [6, 6.07) is 4.15. The highest BCUT2D eigenvalue weighted by molar-refractivity contribution is 9.10. The molecule has 0 saturated heterocycles. The number of carboxylic acid groups (broad SMARTS) is 1. The first-order valence-electron chi connectivity index (χ1n) is 5.95. The molecule has 0 bridgehead atoms. The summed E-state index contributed by atoms with van der Waals surface area (Å²) in [5, 5.41) is 12.9. The molecular weight excluding hydrogens is 343 g/mol. The highest BCUT2D eigenvalue weighted by Gasteiger charge is 2.14. The van der Waals surface area contributed by atoms with Crippen molar-refractivity contribution in [3.8, 4) is 11.6 Å². The Labute approximate surface area is 128 Å². The average Bonchev–Trinajstić information content (AvgIpc) is 2.60. The predicted molar refractivity (Wildman–Crippen MR) is 78.8 cm³/mol. The lowest BCUT2D eigenvalue weighted by Gasteiger charge is -2.07. The van der Waals surface area contributed by atoms with Crippen molar-refractivity contribution < 1.29 is 19.0 Å². The van der Waals surface area contributed by atoms with Crippen molar-refractivity contribution in [2.45, 2.75) is 6.92 Å². The minimum Gasteiger partial charge on any atom is -0.478 e. The normalized spacial score (nSPS) is 11.0. The fourth-order valence-corrected chi connectivity index (χ4v) is 2.26. The maximum Gasteiger partial charge on any atom is 0.328 e. The molecule has 0 aliphatic rings. The molecule has 1 aromatic carbocycles. The number of aryl methyl sites for hydroxylation is 2. The zero-order valence-electron chi connectivity index (χ0n) is 11.3. The van der Waals surface area contributed by atoms with Crippen LogP contribution in [0.5, 0.6) is 11.6 Å². The Morgan fingerprint density at radius 1 is 1.48 bits per heavy atom. The van der Waals surface area contributed by atoms with Gasteiger partial charge in [-0.15, -0.1) is 0 Å². The van der Waals surface area contributed by atoms with Gasteiger partial charge in [0.05, 0.1) is 11.3 Å². The van der Waals surface area contributed by atoms with Gasteiger partial charge in [0.15, 0.2) is 0 Å².